The summed E-state index contributed by atoms with van der Waals surface area (Å²) >= 11 is 0. The Morgan fingerprint density at radius 1 is 0.792 bits per heavy atom. The van der Waals surface area contributed by atoms with E-state index in [4.69, 9.17) is 4.99 Å². The highest BCUT2D eigenvalue weighted by Crippen LogP contribution is 2.45. The number of anilines is 1. The van der Waals surface area contributed by atoms with Crippen LogP contribution >= 0.6 is 0 Å². The van der Waals surface area contributed by atoms with E-state index >= 15 is 0 Å². The molecule has 3 aromatic carbocycles. The Bertz CT molecular complexity index is 890. The molecule has 0 bridgehead atoms. The normalized spacial score (nSPS) is 21.1. The maximum atomic E-state index is 13.2. The Hall–Kier alpha value is -2.91. The van der Waals surface area contributed by atoms with E-state index in [1.807, 2.05) is 91.9 Å². The predicted molar refractivity (Wildman–Crippen MR) is 96.0 cm³/mol. The maximum absolute atomic E-state index is 13.2. The van der Waals surface area contributed by atoms with Crippen LogP contribution in [0.4, 0.5) is 11.4 Å². The molecule has 0 N–H and O–H groups in total. The number of benzene rings is 3. The fourth-order valence-corrected chi connectivity index (χ4v) is 3.27. The summed E-state index contributed by atoms with van der Waals surface area (Å²) in [5, 5.41) is 14.2. The first-order valence-corrected chi connectivity index (χ1v) is 7.98. The lowest BCUT2D eigenvalue weighted by molar-refractivity contribution is 0.118. The number of hydrogen-bond acceptors (Lipinski definition) is 2. The molecule has 3 nitrogen and oxygen atoms in total. The third kappa shape index (κ3) is 2.14. The second kappa shape index (κ2) is 5.62. The Labute approximate surface area is 141 Å². The largest absolute Gasteiger partial charge is 0.250 e. The maximum Gasteiger partial charge on any atom is 0.135 e. The van der Waals surface area contributed by atoms with Gasteiger partial charge in [-0.2, -0.15) is 0 Å². The molecule has 0 aromatic heterocycles. The summed E-state index contributed by atoms with van der Waals surface area (Å²) in [6.07, 6.45) is 0. The zero-order valence-corrected chi connectivity index (χ0v) is 13.4. The van der Waals surface area contributed by atoms with Gasteiger partial charge < -0.3 is 0 Å². The molecule has 0 saturated heterocycles. The van der Waals surface area contributed by atoms with Crippen molar-refractivity contribution in [1.82, 2.24) is 0 Å². The van der Waals surface area contributed by atoms with Crippen molar-refractivity contribution in [3.8, 4) is 0 Å². The van der Waals surface area contributed by atoms with Gasteiger partial charge >= 0.3 is 0 Å². The standard InChI is InChI=1S/C21H17N2O/c1-21(16-10-4-2-5-11-16)20(22-17-12-6-3-7-13-17)18-14-8-9-15-19(18)23(21)24/h2-15H,1H3. The fourth-order valence-electron chi connectivity index (χ4n) is 3.27. The summed E-state index contributed by atoms with van der Waals surface area (Å²) in [5.41, 5.74) is 3.28. The Morgan fingerprint density at radius 3 is 2.08 bits per heavy atom. The number of hydrogen-bond donors (Lipinski definition) is 0. The Morgan fingerprint density at radius 2 is 1.38 bits per heavy atom. The van der Waals surface area contributed by atoms with Gasteiger partial charge in [0.25, 0.3) is 0 Å². The van der Waals surface area contributed by atoms with Gasteiger partial charge in [0.2, 0.25) is 0 Å². The molecule has 4 rings (SSSR count). The van der Waals surface area contributed by atoms with Crippen LogP contribution in [-0.2, 0) is 10.7 Å². The van der Waals surface area contributed by atoms with Gasteiger partial charge in [0.15, 0.2) is 0 Å². The van der Waals surface area contributed by atoms with Crippen molar-refractivity contribution in [1.29, 1.82) is 0 Å². The van der Waals surface area contributed by atoms with Crippen LogP contribution in [0.2, 0.25) is 0 Å². The zero-order valence-electron chi connectivity index (χ0n) is 13.4. The topological polar surface area (TPSA) is 35.5 Å². The smallest absolute Gasteiger partial charge is 0.135 e. The molecule has 1 radical (unpaired) electrons. The fraction of sp³-hybridized carbons (Fsp3) is 0.0952. The van der Waals surface area contributed by atoms with Gasteiger partial charge in [-0.05, 0) is 30.7 Å². The molecule has 1 unspecified atom stereocenters. The number of hydroxylamine groups is 1. The number of nitrogens with zero attached hydrogens (tertiary/aromatic N) is 2. The molecule has 3 aromatic rings. The van der Waals surface area contributed by atoms with Gasteiger partial charge in [0, 0.05) is 5.56 Å². The number of rotatable bonds is 2. The zero-order chi connectivity index (χ0) is 16.6. The van der Waals surface area contributed by atoms with Gasteiger partial charge in [0.05, 0.1) is 17.1 Å². The van der Waals surface area contributed by atoms with Crippen LogP contribution in [0.1, 0.15) is 18.1 Å². The van der Waals surface area contributed by atoms with Gasteiger partial charge in [0.1, 0.15) is 5.54 Å². The molecule has 0 amide bonds. The monoisotopic (exact) mass is 313 g/mol. The average Bonchev–Trinajstić information content (AvgIpc) is 2.87. The van der Waals surface area contributed by atoms with E-state index in [0.717, 1.165) is 27.6 Å². The van der Waals surface area contributed by atoms with E-state index < -0.39 is 5.54 Å². The van der Waals surface area contributed by atoms with Crippen molar-refractivity contribution in [2.24, 2.45) is 4.99 Å². The second-order valence-electron chi connectivity index (χ2n) is 6.05. The minimum absolute atomic E-state index is 0.665. The van der Waals surface area contributed by atoms with E-state index in [9.17, 15) is 5.21 Å². The quantitative estimate of drug-likeness (QED) is 0.663. The molecule has 0 fully saturated rings. The first kappa shape index (κ1) is 14.7. The van der Waals surface area contributed by atoms with E-state index in [1.54, 1.807) is 0 Å². The van der Waals surface area contributed by atoms with Crippen LogP contribution in [0, 0.1) is 0 Å². The summed E-state index contributed by atoms with van der Waals surface area (Å²) in [5.74, 6) is 0. The van der Waals surface area contributed by atoms with Crippen molar-refractivity contribution < 1.29 is 5.21 Å². The van der Waals surface area contributed by atoms with Crippen molar-refractivity contribution in [2.45, 2.75) is 12.5 Å². The van der Waals surface area contributed by atoms with Gasteiger partial charge in [-0.3, -0.25) is 0 Å². The molecule has 1 aliphatic heterocycles. The third-order valence-corrected chi connectivity index (χ3v) is 4.58. The summed E-state index contributed by atoms with van der Waals surface area (Å²) in [4.78, 5) is 4.85. The van der Waals surface area contributed by atoms with Gasteiger partial charge in [-0.15, -0.1) is 0 Å². The third-order valence-electron chi connectivity index (χ3n) is 4.58. The van der Waals surface area contributed by atoms with Gasteiger partial charge in [-0.1, -0.05) is 71.9 Å². The summed E-state index contributed by atoms with van der Waals surface area (Å²) < 4.78 is 0. The minimum atomic E-state index is -0.846. The average molecular weight is 313 g/mol. The van der Waals surface area contributed by atoms with E-state index in [-0.39, 0.29) is 0 Å². The van der Waals surface area contributed by atoms with Crippen LogP contribution in [0.25, 0.3) is 0 Å². The van der Waals surface area contributed by atoms with Crippen molar-refractivity contribution in [3.63, 3.8) is 0 Å². The van der Waals surface area contributed by atoms with E-state index in [2.05, 4.69) is 0 Å². The molecule has 1 aliphatic rings. The molecular formula is C21H17N2O. The van der Waals surface area contributed by atoms with Crippen molar-refractivity contribution >= 4 is 17.1 Å². The number of aliphatic imine (C=N–C) groups is 1. The van der Waals surface area contributed by atoms with Gasteiger partial charge in [-0.25, -0.2) is 10.1 Å². The molecule has 1 heterocycles. The van der Waals surface area contributed by atoms with Crippen LogP contribution in [-0.4, -0.2) is 5.71 Å². The van der Waals surface area contributed by atoms with Crippen LogP contribution < -0.4 is 5.06 Å². The Kier molecular flexibility index (Phi) is 3.44. The summed E-state index contributed by atoms with van der Waals surface area (Å²) in [6, 6.07) is 27.3. The van der Waals surface area contributed by atoms with Crippen LogP contribution in [0.15, 0.2) is 89.9 Å². The van der Waals surface area contributed by atoms with E-state index in [0.29, 0.717) is 5.69 Å². The minimum Gasteiger partial charge on any atom is -0.250 e. The molecule has 1 atom stereocenters. The van der Waals surface area contributed by atoms with Crippen molar-refractivity contribution in [3.05, 3.63) is 96.1 Å². The summed E-state index contributed by atoms with van der Waals surface area (Å²) in [7, 11) is 0. The van der Waals surface area contributed by atoms with Crippen LogP contribution in [0.5, 0.6) is 0 Å². The van der Waals surface area contributed by atoms with Crippen LogP contribution in [0.3, 0.4) is 0 Å². The molecule has 3 heteroatoms. The first-order valence-electron chi connectivity index (χ1n) is 7.98. The highest BCUT2D eigenvalue weighted by molar-refractivity contribution is 6.17. The highest BCUT2D eigenvalue weighted by Gasteiger charge is 2.47. The van der Waals surface area contributed by atoms with Crippen molar-refractivity contribution in [2.75, 3.05) is 5.06 Å². The summed E-state index contributed by atoms with van der Waals surface area (Å²) in [6.45, 7) is 1.94. The second-order valence-corrected chi connectivity index (χ2v) is 6.05. The number of para-hydroxylation sites is 2. The number of fused-ring (bicyclic) bond motifs is 1. The molecule has 117 valence electrons. The lowest BCUT2D eigenvalue weighted by Gasteiger charge is -2.31. The Balaban J connectivity index is 1.97. The SMILES string of the molecule is CC1(c2ccccc2)C(=Nc2ccccc2)c2ccccc2N1[O]. The molecule has 24 heavy (non-hydrogen) atoms. The van der Waals surface area contributed by atoms with E-state index in [1.165, 1.54) is 0 Å². The molecule has 0 aliphatic carbocycles. The molecular weight excluding hydrogens is 296 g/mol. The lowest BCUT2D eigenvalue weighted by atomic mass is 9.86. The lowest BCUT2D eigenvalue weighted by Crippen LogP contribution is -2.42. The molecule has 0 spiro atoms. The predicted octanol–water partition coefficient (Wildman–Crippen LogP) is 4.89. The highest BCUT2D eigenvalue weighted by atomic mass is 16.5. The first-order chi connectivity index (χ1) is 11.7. The molecule has 0 saturated carbocycles.